The number of halogens is 3. The molecule has 0 amide bonds. The summed E-state index contributed by atoms with van der Waals surface area (Å²) in [6.45, 7) is 1.93. The molecule has 3 rings (SSSR count). The van der Waals surface area contributed by atoms with Gasteiger partial charge in [0.25, 0.3) is 0 Å². The van der Waals surface area contributed by atoms with E-state index in [1.54, 1.807) is 19.2 Å². The highest BCUT2D eigenvalue weighted by Crippen LogP contribution is 2.41. The van der Waals surface area contributed by atoms with Crippen molar-refractivity contribution in [1.29, 1.82) is 0 Å². The molecule has 0 aliphatic heterocycles. The summed E-state index contributed by atoms with van der Waals surface area (Å²) in [6, 6.07) is 11.7. The van der Waals surface area contributed by atoms with Crippen LogP contribution in [-0.4, -0.2) is 26.2 Å². The summed E-state index contributed by atoms with van der Waals surface area (Å²) >= 11 is 0. The molecule has 27 heavy (non-hydrogen) atoms. The number of benzene rings is 2. The molecule has 7 heteroatoms. The first-order chi connectivity index (χ1) is 12.5. The Bertz CT molecular complexity index is 816. The predicted molar refractivity (Wildman–Crippen MR) is 114 cm³/mol. The highest BCUT2D eigenvalue weighted by molar-refractivity contribution is 14.0. The first kappa shape index (κ1) is 21.4. The Morgan fingerprint density at radius 3 is 2.56 bits per heavy atom. The maximum Gasteiger partial charge on any atom is 0.191 e. The lowest BCUT2D eigenvalue weighted by Gasteiger charge is -2.19. The van der Waals surface area contributed by atoms with E-state index in [1.807, 2.05) is 25.1 Å². The molecule has 4 nitrogen and oxygen atoms in total. The van der Waals surface area contributed by atoms with E-state index in [0.29, 0.717) is 5.96 Å². The maximum atomic E-state index is 13.9. The monoisotopic (exact) mass is 487 g/mol. The van der Waals surface area contributed by atoms with Crippen molar-refractivity contribution in [3.8, 4) is 5.75 Å². The lowest BCUT2D eigenvalue weighted by Crippen LogP contribution is -2.40. The molecule has 0 heterocycles. The molecule has 146 valence electrons. The van der Waals surface area contributed by atoms with Crippen molar-refractivity contribution in [3.63, 3.8) is 0 Å². The van der Waals surface area contributed by atoms with Crippen LogP contribution in [0.4, 0.5) is 8.78 Å². The number of nitrogens with zero attached hydrogens (tertiary/aromatic N) is 1. The van der Waals surface area contributed by atoms with Crippen molar-refractivity contribution in [2.45, 2.75) is 31.3 Å². The van der Waals surface area contributed by atoms with E-state index in [0.717, 1.165) is 17.5 Å². The molecule has 3 atom stereocenters. The second-order valence-corrected chi connectivity index (χ2v) is 6.45. The molecule has 0 radical (unpaired) electrons. The van der Waals surface area contributed by atoms with E-state index in [9.17, 15) is 8.78 Å². The summed E-state index contributed by atoms with van der Waals surface area (Å²) in [5.41, 5.74) is 1.51. The van der Waals surface area contributed by atoms with Crippen LogP contribution in [0.25, 0.3) is 0 Å². The molecule has 1 aliphatic carbocycles. The van der Waals surface area contributed by atoms with Gasteiger partial charge in [0.05, 0.1) is 13.2 Å². The van der Waals surface area contributed by atoms with Crippen LogP contribution in [0, 0.1) is 11.6 Å². The quantitative estimate of drug-likeness (QED) is 0.374. The van der Waals surface area contributed by atoms with Gasteiger partial charge in [0, 0.05) is 19.0 Å². The number of hydrogen-bond donors (Lipinski definition) is 2. The second kappa shape index (κ2) is 9.34. The molecule has 2 aromatic carbocycles. The molecule has 2 aromatic rings. The van der Waals surface area contributed by atoms with Gasteiger partial charge in [-0.25, -0.2) is 8.78 Å². The van der Waals surface area contributed by atoms with Gasteiger partial charge in [-0.1, -0.05) is 24.3 Å². The van der Waals surface area contributed by atoms with Crippen LogP contribution >= 0.6 is 24.0 Å². The van der Waals surface area contributed by atoms with E-state index in [-0.39, 0.29) is 53.5 Å². The highest BCUT2D eigenvalue weighted by atomic mass is 127. The van der Waals surface area contributed by atoms with Gasteiger partial charge < -0.3 is 15.4 Å². The maximum absolute atomic E-state index is 13.9. The third kappa shape index (κ3) is 5.09. The van der Waals surface area contributed by atoms with Crippen LogP contribution in [0.15, 0.2) is 47.5 Å². The summed E-state index contributed by atoms with van der Waals surface area (Å²) in [5, 5.41) is 6.55. The molecule has 1 saturated carbocycles. The summed E-state index contributed by atoms with van der Waals surface area (Å²) in [6.07, 6.45) is 0.854. The third-order valence-corrected chi connectivity index (χ3v) is 4.67. The van der Waals surface area contributed by atoms with Gasteiger partial charge in [0.2, 0.25) is 0 Å². The van der Waals surface area contributed by atoms with E-state index in [4.69, 9.17) is 4.74 Å². The minimum absolute atomic E-state index is 0. The second-order valence-electron chi connectivity index (χ2n) is 6.45. The van der Waals surface area contributed by atoms with Gasteiger partial charge in [0.1, 0.15) is 5.82 Å². The van der Waals surface area contributed by atoms with Crippen molar-refractivity contribution in [3.05, 3.63) is 65.2 Å². The molecule has 1 aliphatic rings. The molecule has 0 bridgehead atoms. The Balaban J connectivity index is 0.00000261. The van der Waals surface area contributed by atoms with Crippen LogP contribution in [0.3, 0.4) is 0 Å². The minimum Gasteiger partial charge on any atom is -0.494 e. The van der Waals surface area contributed by atoms with Crippen molar-refractivity contribution in [1.82, 2.24) is 10.6 Å². The van der Waals surface area contributed by atoms with Crippen molar-refractivity contribution in [2.75, 3.05) is 14.2 Å². The zero-order valence-electron chi connectivity index (χ0n) is 15.5. The summed E-state index contributed by atoms with van der Waals surface area (Å²) in [5.74, 6) is 0.394. The van der Waals surface area contributed by atoms with Gasteiger partial charge in [-0.05, 0) is 42.7 Å². The molecule has 0 spiro atoms. The summed E-state index contributed by atoms with van der Waals surface area (Å²) < 4.78 is 32.7. The normalized spacial score (nSPS) is 19.7. The Morgan fingerprint density at radius 1 is 1.19 bits per heavy atom. The van der Waals surface area contributed by atoms with Crippen LogP contribution in [0.2, 0.25) is 0 Å². The molecule has 0 aromatic heterocycles. The molecule has 0 saturated heterocycles. The number of methoxy groups -OCH3 is 1. The standard InChI is InChI=1S/C20H23F2N3O.HI/c1-12(13-8-9-19(26-3)17(22)10-13)24-20(23-2)25-18-11-15(18)14-6-4-5-7-16(14)21;/h4-10,12,15,18H,11H2,1-3H3,(H2,23,24,25);1H. The molecule has 1 fully saturated rings. The van der Waals surface area contributed by atoms with E-state index < -0.39 is 5.82 Å². The number of nitrogens with one attached hydrogen (secondary N) is 2. The predicted octanol–water partition coefficient (Wildman–Crippen LogP) is 4.37. The largest absolute Gasteiger partial charge is 0.494 e. The van der Waals surface area contributed by atoms with Gasteiger partial charge in [-0.3, -0.25) is 4.99 Å². The molecular formula is C20H24F2IN3O. The fraction of sp³-hybridized carbons (Fsp3) is 0.350. The molecular weight excluding hydrogens is 463 g/mol. The zero-order valence-corrected chi connectivity index (χ0v) is 17.8. The molecule has 2 N–H and O–H groups in total. The smallest absolute Gasteiger partial charge is 0.191 e. The number of hydrogen-bond acceptors (Lipinski definition) is 2. The van der Waals surface area contributed by atoms with Crippen LogP contribution < -0.4 is 15.4 Å². The fourth-order valence-electron chi connectivity index (χ4n) is 3.06. The van der Waals surface area contributed by atoms with E-state index >= 15 is 0 Å². The fourth-order valence-corrected chi connectivity index (χ4v) is 3.06. The Hall–Kier alpha value is -1.90. The zero-order chi connectivity index (χ0) is 18.7. The summed E-state index contributed by atoms with van der Waals surface area (Å²) in [7, 11) is 3.12. The SMILES string of the molecule is CN=C(NC(C)c1ccc(OC)c(F)c1)NC1CC1c1ccccc1F.I. The van der Waals surface area contributed by atoms with Crippen LogP contribution in [0.1, 0.15) is 36.4 Å². The number of aliphatic imine (C=N–C) groups is 1. The van der Waals surface area contributed by atoms with Crippen molar-refractivity contribution in [2.24, 2.45) is 4.99 Å². The van der Waals surface area contributed by atoms with Crippen LogP contribution in [-0.2, 0) is 0 Å². The van der Waals surface area contributed by atoms with Crippen molar-refractivity contribution >= 4 is 29.9 Å². The Labute approximate surface area is 175 Å². The van der Waals surface area contributed by atoms with Gasteiger partial charge in [-0.2, -0.15) is 0 Å². The lowest BCUT2D eigenvalue weighted by molar-refractivity contribution is 0.386. The number of ether oxygens (including phenoxy) is 1. The van der Waals surface area contributed by atoms with Gasteiger partial charge in [-0.15, -0.1) is 24.0 Å². The number of rotatable bonds is 5. The van der Waals surface area contributed by atoms with Crippen molar-refractivity contribution < 1.29 is 13.5 Å². The molecule has 3 unspecified atom stereocenters. The Morgan fingerprint density at radius 2 is 1.93 bits per heavy atom. The topological polar surface area (TPSA) is 45.7 Å². The van der Waals surface area contributed by atoms with E-state index in [1.165, 1.54) is 19.2 Å². The highest BCUT2D eigenvalue weighted by Gasteiger charge is 2.40. The van der Waals surface area contributed by atoms with Gasteiger partial charge in [0.15, 0.2) is 17.5 Å². The van der Waals surface area contributed by atoms with E-state index in [2.05, 4.69) is 15.6 Å². The minimum atomic E-state index is -0.400. The lowest BCUT2D eigenvalue weighted by atomic mass is 10.1. The first-order valence-corrected chi connectivity index (χ1v) is 8.61. The first-order valence-electron chi connectivity index (χ1n) is 8.61. The Kier molecular flexibility index (Phi) is 7.41. The third-order valence-electron chi connectivity index (χ3n) is 4.67. The average Bonchev–Trinajstić information content (AvgIpc) is 3.40. The number of guanidine groups is 1. The average molecular weight is 487 g/mol. The van der Waals surface area contributed by atoms with Crippen LogP contribution in [0.5, 0.6) is 5.75 Å². The summed E-state index contributed by atoms with van der Waals surface area (Å²) in [4.78, 5) is 4.22. The van der Waals surface area contributed by atoms with Gasteiger partial charge >= 0.3 is 0 Å².